The summed E-state index contributed by atoms with van der Waals surface area (Å²) in [5, 5.41) is 23.6. The normalized spacial score (nSPS) is 20.9. The van der Waals surface area contributed by atoms with Crippen molar-refractivity contribution in [1.82, 2.24) is 14.7 Å². The molecule has 132 valence electrons. The number of nitrogens with zero attached hydrogens (tertiary/aromatic N) is 3. The fraction of sp³-hybridized carbons (Fsp3) is 0.706. The number of piperidine rings is 1. The van der Waals surface area contributed by atoms with Gasteiger partial charge < -0.3 is 15.1 Å². The van der Waals surface area contributed by atoms with E-state index < -0.39 is 11.6 Å². The van der Waals surface area contributed by atoms with Crippen LogP contribution in [0.25, 0.3) is 0 Å². The number of aromatic nitrogens is 2. The van der Waals surface area contributed by atoms with Crippen LogP contribution in [0.5, 0.6) is 0 Å². The number of rotatable bonds is 3. The van der Waals surface area contributed by atoms with E-state index in [1.54, 1.807) is 4.90 Å². The highest BCUT2D eigenvalue weighted by Crippen LogP contribution is 2.42. The van der Waals surface area contributed by atoms with Gasteiger partial charge in [0.15, 0.2) is 11.3 Å². The van der Waals surface area contributed by atoms with E-state index in [-0.39, 0.29) is 37.4 Å². The summed E-state index contributed by atoms with van der Waals surface area (Å²) < 4.78 is 1.94. The second kappa shape index (κ2) is 5.58. The summed E-state index contributed by atoms with van der Waals surface area (Å²) in [6.07, 6.45) is 2.35. The highest BCUT2D eigenvalue weighted by molar-refractivity contribution is 5.92. The van der Waals surface area contributed by atoms with Gasteiger partial charge >= 0.3 is 5.97 Å². The molecule has 1 amide bonds. The maximum atomic E-state index is 12.7. The number of carboxylic acid groups (broad SMARTS) is 1. The van der Waals surface area contributed by atoms with Crippen molar-refractivity contribution in [2.75, 3.05) is 13.1 Å². The monoisotopic (exact) mass is 335 g/mol. The molecule has 2 N–H and O–H groups in total. The molecule has 0 radical (unpaired) electrons. The zero-order chi connectivity index (χ0) is 17.7. The molecule has 0 atom stereocenters. The molecule has 7 nitrogen and oxygen atoms in total. The highest BCUT2D eigenvalue weighted by Gasteiger charge is 2.41. The molecular formula is C17H25N3O4. The molecule has 1 aromatic rings. The van der Waals surface area contributed by atoms with Gasteiger partial charge in [0.25, 0.3) is 5.91 Å². The molecule has 1 aliphatic heterocycles. The Morgan fingerprint density at radius 3 is 2.29 bits per heavy atom. The predicted molar refractivity (Wildman–Crippen MR) is 86.9 cm³/mol. The zero-order valence-corrected chi connectivity index (χ0v) is 14.4. The van der Waals surface area contributed by atoms with Crippen LogP contribution in [-0.4, -0.2) is 55.5 Å². The Balaban J connectivity index is 1.78. The van der Waals surface area contributed by atoms with Gasteiger partial charge in [-0.05, 0) is 39.7 Å². The van der Waals surface area contributed by atoms with Gasteiger partial charge in [-0.2, -0.15) is 5.10 Å². The van der Waals surface area contributed by atoms with Crippen molar-refractivity contribution < 1.29 is 19.8 Å². The Morgan fingerprint density at radius 1 is 1.25 bits per heavy atom. The minimum Gasteiger partial charge on any atom is -0.479 e. The number of aliphatic carboxylic acids is 1. The Labute approximate surface area is 141 Å². The Hall–Kier alpha value is -1.89. The minimum absolute atomic E-state index is 0.0452. The quantitative estimate of drug-likeness (QED) is 0.874. The third kappa shape index (κ3) is 3.05. The lowest BCUT2D eigenvalue weighted by atomic mass is 9.91. The molecule has 0 aromatic carbocycles. The third-order valence-electron chi connectivity index (χ3n) is 4.86. The van der Waals surface area contributed by atoms with Crippen molar-refractivity contribution in [2.45, 2.75) is 63.5 Å². The van der Waals surface area contributed by atoms with Crippen molar-refractivity contribution in [3.05, 3.63) is 17.5 Å². The third-order valence-corrected chi connectivity index (χ3v) is 4.86. The molecule has 2 fully saturated rings. The van der Waals surface area contributed by atoms with Crippen molar-refractivity contribution >= 4 is 11.9 Å². The minimum atomic E-state index is -1.72. The van der Waals surface area contributed by atoms with Crippen molar-refractivity contribution in [2.24, 2.45) is 0 Å². The van der Waals surface area contributed by atoms with Crippen molar-refractivity contribution in [3.63, 3.8) is 0 Å². The summed E-state index contributed by atoms with van der Waals surface area (Å²) in [4.78, 5) is 25.4. The summed E-state index contributed by atoms with van der Waals surface area (Å²) in [6, 6.07) is 1.88. The topological polar surface area (TPSA) is 95.7 Å². The molecule has 2 heterocycles. The number of likely N-dealkylation sites (tertiary alicyclic amines) is 1. The van der Waals surface area contributed by atoms with E-state index in [2.05, 4.69) is 25.9 Å². The fourth-order valence-electron chi connectivity index (χ4n) is 3.16. The lowest BCUT2D eigenvalue weighted by Crippen LogP contribution is -2.50. The summed E-state index contributed by atoms with van der Waals surface area (Å²) >= 11 is 0. The van der Waals surface area contributed by atoms with Gasteiger partial charge in [-0.1, -0.05) is 0 Å². The van der Waals surface area contributed by atoms with Gasteiger partial charge in [0.2, 0.25) is 0 Å². The average molecular weight is 335 g/mol. The summed E-state index contributed by atoms with van der Waals surface area (Å²) in [6.45, 7) is 6.64. The van der Waals surface area contributed by atoms with E-state index in [1.807, 2.05) is 10.7 Å². The highest BCUT2D eigenvalue weighted by atomic mass is 16.4. The summed E-state index contributed by atoms with van der Waals surface area (Å²) in [5.41, 5.74) is -0.402. The number of hydrogen-bond acceptors (Lipinski definition) is 4. The van der Waals surface area contributed by atoms with Gasteiger partial charge in [-0.15, -0.1) is 0 Å². The Morgan fingerprint density at radius 2 is 1.83 bits per heavy atom. The molecule has 1 aliphatic carbocycles. The summed E-state index contributed by atoms with van der Waals surface area (Å²) in [7, 11) is 0. The number of carbonyl (C=O) groups excluding carboxylic acids is 1. The number of carbonyl (C=O) groups is 2. The second-order valence-electron chi connectivity index (χ2n) is 7.94. The first kappa shape index (κ1) is 17.0. The van der Waals surface area contributed by atoms with Crippen LogP contribution in [0.3, 0.4) is 0 Å². The Kier molecular flexibility index (Phi) is 3.94. The zero-order valence-electron chi connectivity index (χ0n) is 14.4. The van der Waals surface area contributed by atoms with Gasteiger partial charge in [-0.25, -0.2) is 4.79 Å². The standard InChI is InChI=1S/C17H25N3O4/c1-16(2,3)20-13(11-4-5-11)10-12(18-20)14(21)19-8-6-17(24,7-9-19)15(22)23/h10-11,24H,4-9H2,1-3H3,(H,22,23). The first-order chi connectivity index (χ1) is 11.1. The first-order valence-corrected chi connectivity index (χ1v) is 8.47. The smallest absolute Gasteiger partial charge is 0.335 e. The lowest BCUT2D eigenvalue weighted by Gasteiger charge is -2.34. The lowest BCUT2D eigenvalue weighted by molar-refractivity contribution is -0.162. The molecule has 7 heteroatoms. The van der Waals surface area contributed by atoms with Crippen LogP contribution in [-0.2, 0) is 10.3 Å². The largest absolute Gasteiger partial charge is 0.479 e. The fourth-order valence-corrected chi connectivity index (χ4v) is 3.16. The second-order valence-corrected chi connectivity index (χ2v) is 7.94. The van der Waals surface area contributed by atoms with Gasteiger partial charge in [-0.3, -0.25) is 9.48 Å². The van der Waals surface area contributed by atoms with Crippen LogP contribution in [0.15, 0.2) is 6.07 Å². The first-order valence-electron chi connectivity index (χ1n) is 8.47. The van der Waals surface area contributed by atoms with E-state index in [1.165, 1.54) is 0 Å². The number of carboxylic acids is 1. The van der Waals surface area contributed by atoms with Gasteiger partial charge in [0.1, 0.15) is 0 Å². The molecule has 0 spiro atoms. The van der Waals surface area contributed by atoms with Crippen LogP contribution >= 0.6 is 0 Å². The number of amides is 1. The van der Waals surface area contributed by atoms with E-state index >= 15 is 0 Å². The maximum Gasteiger partial charge on any atom is 0.335 e. The average Bonchev–Trinajstić information content (AvgIpc) is 3.24. The molecular weight excluding hydrogens is 310 g/mol. The molecule has 1 aromatic heterocycles. The molecule has 2 aliphatic rings. The predicted octanol–water partition coefficient (Wildman–Crippen LogP) is 1.57. The molecule has 1 saturated carbocycles. The molecule has 24 heavy (non-hydrogen) atoms. The van der Waals surface area contributed by atoms with E-state index in [9.17, 15) is 14.7 Å². The van der Waals surface area contributed by atoms with Crippen molar-refractivity contribution in [1.29, 1.82) is 0 Å². The summed E-state index contributed by atoms with van der Waals surface area (Å²) in [5.74, 6) is -0.924. The van der Waals surface area contributed by atoms with Crippen LogP contribution in [0.1, 0.15) is 68.6 Å². The van der Waals surface area contributed by atoms with Gasteiger partial charge in [0.05, 0.1) is 5.54 Å². The number of aliphatic hydroxyl groups is 1. The SMILES string of the molecule is CC(C)(C)n1nc(C(=O)N2CCC(O)(C(=O)O)CC2)cc1C1CC1. The van der Waals surface area contributed by atoms with Crippen LogP contribution in [0.2, 0.25) is 0 Å². The maximum absolute atomic E-state index is 12.7. The van der Waals surface area contributed by atoms with E-state index in [4.69, 9.17) is 5.11 Å². The molecule has 1 saturated heterocycles. The van der Waals surface area contributed by atoms with E-state index in [0.29, 0.717) is 11.6 Å². The van der Waals surface area contributed by atoms with Crippen LogP contribution in [0, 0.1) is 0 Å². The van der Waals surface area contributed by atoms with E-state index in [0.717, 1.165) is 18.5 Å². The number of hydrogen-bond donors (Lipinski definition) is 2. The van der Waals surface area contributed by atoms with Crippen LogP contribution < -0.4 is 0 Å². The van der Waals surface area contributed by atoms with Crippen molar-refractivity contribution in [3.8, 4) is 0 Å². The molecule has 0 unspecified atom stereocenters. The molecule has 3 rings (SSSR count). The van der Waals surface area contributed by atoms with Gasteiger partial charge in [0, 0.05) is 37.5 Å². The molecule has 0 bridgehead atoms. The van der Waals surface area contributed by atoms with Crippen LogP contribution in [0.4, 0.5) is 0 Å². The Bertz CT molecular complexity index is 662.